The van der Waals surface area contributed by atoms with Crippen molar-refractivity contribution in [1.82, 2.24) is 4.90 Å². The number of hydrogen-bond acceptors (Lipinski definition) is 5. The molecule has 7 heteroatoms. The summed E-state index contributed by atoms with van der Waals surface area (Å²) >= 11 is 1.61. The van der Waals surface area contributed by atoms with Crippen LogP contribution in [0.3, 0.4) is 0 Å². The van der Waals surface area contributed by atoms with E-state index in [1.54, 1.807) is 23.6 Å². The van der Waals surface area contributed by atoms with Crippen LogP contribution in [-0.4, -0.2) is 54.9 Å². The van der Waals surface area contributed by atoms with E-state index in [0.717, 1.165) is 18.6 Å². The molecule has 2 atom stereocenters. The highest BCUT2D eigenvalue weighted by Gasteiger charge is 2.35. The number of nitrogens with zero attached hydrogens (tertiary/aromatic N) is 1. The van der Waals surface area contributed by atoms with Crippen LogP contribution in [0.15, 0.2) is 0 Å². The Hall–Kier alpha value is -0.270. The minimum Gasteiger partial charge on any atom is -0.330 e. The van der Waals surface area contributed by atoms with Gasteiger partial charge in [0.15, 0.2) is 9.84 Å². The standard InChI is InChI=1S/C13H26N2O3S2/c1-3-20(17,18)13-10-19-9-8-15(13)12(16)5-4-11(2)6-7-14/h11,13H,3-10,14H2,1-2H3. The molecule has 1 aliphatic heterocycles. The number of carbonyl (C=O) groups is 1. The molecule has 1 amide bonds. The Balaban J connectivity index is 2.64. The molecule has 118 valence electrons. The van der Waals surface area contributed by atoms with Gasteiger partial charge in [0.05, 0.1) is 0 Å². The molecule has 2 N–H and O–H groups in total. The Morgan fingerprint density at radius 3 is 2.75 bits per heavy atom. The molecular formula is C13H26N2O3S2. The molecule has 1 aliphatic rings. The maximum Gasteiger partial charge on any atom is 0.223 e. The largest absolute Gasteiger partial charge is 0.330 e. The van der Waals surface area contributed by atoms with Crippen LogP contribution < -0.4 is 5.73 Å². The van der Waals surface area contributed by atoms with Gasteiger partial charge in [-0.05, 0) is 25.3 Å². The van der Waals surface area contributed by atoms with E-state index in [-0.39, 0.29) is 11.7 Å². The van der Waals surface area contributed by atoms with E-state index in [1.807, 2.05) is 0 Å². The Bertz CT molecular complexity index is 412. The first-order valence-electron chi connectivity index (χ1n) is 7.21. The molecule has 0 saturated carbocycles. The van der Waals surface area contributed by atoms with Gasteiger partial charge in [-0.1, -0.05) is 13.8 Å². The zero-order chi connectivity index (χ0) is 15.2. The summed E-state index contributed by atoms with van der Waals surface area (Å²) in [6.45, 7) is 4.88. The first kappa shape index (κ1) is 17.8. The third kappa shape index (κ3) is 4.93. The quantitative estimate of drug-likeness (QED) is 0.759. The number of sulfone groups is 1. The lowest BCUT2D eigenvalue weighted by Crippen LogP contribution is -2.50. The zero-order valence-electron chi connectivity index (χ0n) is 12.4. The van der Waals surface area contributed by atoms with Gasteiger partial charge in [-0.25, -0.2) is 8.42 Å². The molecule has 1 saturated heterocycles. The number of amides is 1. The van der Waals surface area contributed by atoms with Crippen molar-refractivity contribution in [3.8, 4) is 0 Å². The summed E-state index contributed by atoms with van der Waals surface area (Å²) in [7, 11) is -3.20. The number of rotatable bonds is 7. The van der Waals surface area contributed by atoms with Gasteiger partial charge in [0.1, 0.15) is 5.37 Å². The van der Waals surface area contributed by atoms with Crippen molar-refractivity contribution in [2.75, 3.05) is 30.3 Å². The second-order valence-corrected chi connectivity index (χ2v) is 8.89. The minimum atomic E-state index is -3.20. The van der Waals surface area contributed by atoms with E-state index in [2.05, 4.69) is 6.92 Å². The van der Waals surface area contributed by atoms with Gasteiger partial charge in [-0.3, -0.25) is 4.79 Å². The number of thioether (sulfide) groups is 1. The van der Waals surface area contributed by atoms with Crippen molar-refractivity contribution < 1.29 is 13.2 Å². The average Bonchev–Trinajstić information content (AvgIpc) is 2.45. The molecule has 0 aromatic heterocycles. The first-order chi connectivity index (χ1) is 9.42. The highest BCUT2D eigenvalue weighted by molar-refractivity contribution is 8.01. The predicted molar refractivity (Wildman–Crippen MR) is 84.4 cm³/mol. The van der Waals surface area contributed by atoms with Crippen LogP contribution >= 0.6 is 11.8 Å². The monoisotopic (exact) mass is 322 g/mol. The Morgan fingerprint density at radius 2 is 2.15 bits per heavy atom. The number of nitrogens with two attached hydrogens (primary N) is 1. The summed E-state index contributed by atoms with van der Waals surface area (Å²) in [6, 6.07) is 0. The molecule has 20 heavy (non-hydrogen) atoms. The minimum absolute atomic E-state index is 0.0313. The third-order valence-electron chi connectivity index (χ3n) is 3.73. The SMILES string of the molecule is CCS(=O)(=O)C1CSCCN1C(=O)CCC(C)CCN. The molecule has 0 radical (unpaired) electrons. The summed E-state index contributed by atoms with van der Waals surface area (Å²) in [5, 5.41) is -0.636. The summed E-state index contributed by atoms with van der Waals surface area (Å²) in [5.74, 6) is 1.78. The summed E-state index contributed by atoms with van der Waals surface area (Å²) in [5.41, 5.74) is 5.50. The average molecular weight is 322 g/mol. The van der Waals surface area contributed by atoms with Gasteiger partial charge < -0.3 is 10.6 Å². The summed E-state index contributed by atoms with van der Waals surface area (Å²) < 4.78 is 24.2. The van der Waals surface area contributed by atoms with E-state index in [9.17, 15) is 13.2 Å². The Morgan fingerprint density at radius 1 is 1.45 bits per heavy atom. The fourth-order valence-corrected chi connectivity index (χ4v) is 5.29. The van der Waals surface area contributed by atoms with Crippen molar-refractivity contribution in [3.05, 3.63) is 0 Å². The smallest absolute Gasteiger partial charge is 0.223 e. The zero-order valence-corrected chi connectivity index (χ0v) is 14.0. The van der Waals surface area contributed by atoms with Crippen LogP contribution in [0.4, 0.5) is 0 Å². The van der Waals surface area contributed by atoms with Crippen LogP contribution in [-0.2, 0) is 14.6 Å². The van der Waals surface area contributed by atoms with Crippen molar-refractivity contribution in [2.24, 2.45) is 11.7 Å². The second kappa shape index (κ2) is 8.24. The molecule has 0 aromatic carbocycles. The van der Waals surface area contributed by atoms with Crippen molar-refractivity contribution in [3.63, 3.8) is 0 Å². The third-order valence-corrected chi connectivity index (χ3v) is 7.02. The summed E-state index contributed by atoms with van der Waals surface area (Å²) in [4.78, 5) is 13.9. The molecule has 0 spiro atoms. The molecular weight excluding hydrogens is 296 g/mol. The van der Waals surface area contributed by atoms with Crippen molar-refractivity contribution in [1.29, 1.82) is 0 Å². The lowest BCUT2D eigenvalue weighted by Gasteiger charge is -2.35. The summed E-state index contributed by atoms with van der Waals surface area (Å²) in [6.07, 6.45) is 2.10. The fraction of sp³-hybridized carbons (Fsp3) is 0.923. The molecule has 0 aromatic rings. The molecule has 2 unspecified atom stereocenters. The lowest BCUT2D eigenvalue weighted by atomic mass is 10.0. The van der Waals surface area contributed by atoms with Crippen LogP contribution in [0, 0.1) is 5.92 Å². The van der Waals surface area contributed by atoms with E-state index in [4.69, 9.17) is 5.73 Å². The van der Waals surface area contributed by atoms with Crippen LogP contribution in [0.5, 0.6) is 0 Å². The van der Waals surface area contributed by atoms with Gasteiger partial charge >= 0.3 is 0 Å². The maximum absolute atomic E-state index is 12.3. The van der Waals surface area contributed by atoms with E-state index in [0.29, 0.717) is 31.2 Å². The predicted octanol–water partition coefficient (Wildman–Crippen LogP) is 1.09. The highest BCUT2D eigenvalue weighted by atomic mass is 32.2. The molecule has 1 rings (SSSR count). The van der Waals surface area contributed by atoms with Gasteiger partial charge in [0.2, 0.25) is 5.91 Å². The number of carbonyl (C=O) groups excluding carboxylic acids is 1. The topological polar surface area (TPSA) is 80.5 Å². The van der Waals surface area contributed by atoms with Gasteiger partial charge in [0.25, 0.3) is 0 Å². The fourth-order valence-electron chi connectivity index (χ4n) is 2.30. The molecule has 1 heterocycles. The van der Waals surface area contributed by atoms with Crippen LogP contribution in [0.25, 0.3) is 0 Å². The van der Waals surface area contributed by atoms with Crippen molar-refractivity contribution in [2.45, 2.75) is 38.5 Å². The van der Waals surface area contributed by atoms with E-state index in [1.165, 1.54) is 0 Å². The number of hydrogen-bond donors (Lipinski definition) is 1. The molecule has 5 nitrogen and oxygen atoms in total. The highest BCUT2D eigenvalue weighted by Crippen LogP contribution is 2.23. The maximum atomic E-state index is 12.3. The van der Waals surface area contributed by atoms with Crippen LogP contribution in [0.2, 0.25) is 0 Å². The van der Waals surface area contributed by atoms with E-state index < -0.39 is 15.2 Å². The Kier molecular flexibility index (Phi) is 7.33. The Labute approximate surface area is 126 Å². The van der Waals surface area contributed by atoms with Gasteiger partial charge in [0, 0.05) is 30.2 Å². The lowest BCUT2D eigenvalue weighted by molar-refractivity contribution is -0.131. The molecule has 0 bridgehead atoms. The van der Waals surface area contributed by atoms with E-state index >= 15 is 0 Å². The first-order valence-corrected chi connectivity index (χ1v) is 10.1. The van der Waals surface area contributed by atoms with Gasteiger partial charge in [-0.15, -0.1) is 0 Å². The normalized spacial score (nSPS) is 21.8. The van der Waals surface area contributed by atoms with Gasteiger partial charge in [-0.2, -0.15) is 11.8 Å². The van der Waals surface area contributed by atoms with Crippen molar-refractivity contribution >= 4 is 27.5 Å². The molecule has 0 aliphatic carbocycles. The van der Waals surface area contributed by atoms with Crippen LogP contribution in [0.1, 0.15) is 33.1 Å². The second-order valence-electron chi connectivity index (χ2n) is 5.29. The molecule has 1 fully saturated rings.